The normalized spacial score (nSPS) is 15.3. The molecule has 0 atom stereocenters. The fraction of sp³-hybridized carbons (Fsp3) is 0.350. The molecular weight excluding hydrogens is 412 g/mol. The summed E-state index contributed by atoms with van der Waals surface area (Å²) in [4.78, 5) is 8.14. The van der Waals surface area contributed by atoms with Gasteiger partial charge < -0.3 is 15.1 Å². The van der Waals surface area contributed by atoms with Gasteiger partial charge in [0, 0.05) is 45.8 Å². The molecule has 0 spiro atoms. The highest BCUT2D eigenvalue weighted by molar-refractivity contribution is 7.92. The number of benzene rings is 2. The molecule has 0 radical (unpaired) electrons. The number of sulfonamides is 1. The van der Waals surface area contributed by atoms with E-state index in [1.807, 2.05) is 21.9 Å². The second kappa shape index (κ2) is 9.29. The summed E-state index contributed by atoms with van der Waals surface area (Å²) in [5.74, 6) is -0.251. The second-order valence-electron chi connectivity index (χ2n) is 7.00. The minimum absolute atomic E-state index is 0.262. The molecule has 2 N–H and O–H groups in total. The number of rotatable bonds is 5. The van der Waals surface area contributed by atoms with Crippen LogP contribution in [-0.2, 0) is 16.6 Å². The molecule has 2 aromatic rings. The molecule has 0 bridgehead atoms. The lowest BCUT2D eigenvalue weighted by molar-refractivity contribution is 0.370. The summed E-state index contributed by atoms with van der Waals surface area (Å²) in [6, 6.07) is 10.6. The molecule has 0 amide bonds. The highest BCUT2D eigenvalue weighted by Crippen LogP contribution is 2.22. The van der Waals surface area contributed by atoms with E-state index in [1.165, 1.54) is 6.07 Å². The lowest BCUT2D eigenvalue weighted by atomic mass is 10.2. The number of aliphatic imine (C=N–C) groups is 1. The number of hydrogen-bond donors (Lipinski definition) is 2. The van der Waals surface area contributed by atoms with E-state index < -0.39 is 21.7 Å². The standard InChI is InChI=1S/C20H25F2N5O2S/c1-23-20(24-14-15-5-3-4-6-18(15)25-30(2,28)29)27-11-9-26(10-12-27)19-13-16(21)7-8-17(19)22/h3-8,13,25H,9-12,14H2,1-2H3,(H,23,24). The fourth-order valence-electron chi connectivity index (χ4n) is 3.37. The van der Waals surface area contributed by atoms with Gasteiger partial charge in [0.1, 0.15) is 11.6 Å². The highest BCUT2D eigenvalue weighted by Gasteiger charge is 2.22. The van der Waals surface area contributed by atoms with Gasteiger partial charge in [-0.3, -0.25) is 9.71 Å². The second-order valence-corrected chi connectivity index (χ2v) is 8.75. The van der Waals surface area contributed by atoms with Gasteiger partial charge in [-0.15, -0.1) is 0 Å². The number of hydrogen-bond acceptors (Lipinski definition) is 4. The first-order valence-corrected chi connectivity index (χ1v) is 11.4. The number of nitrogens with zero attached hydrogens (tertiary/aromatic N) is 3. The van der Waals surface area contributed by atoms with Crippen molar-refractivity contribution < 1.29 is 17.2 Å². The van der Waals surface area contributed by atoms with E-state index in [-0.39, 0.29) is 5.69 Å². The quantitative estimate of drug-likeness (QED) is 0.554. The van der Waals surface area contributed by atoms with E-state index in [2.05, 4.69) is 15.0 Å². The smallest absolute Gasteiger partial charge is 0.229 e. The summed E-state index contributed by atoms with van der Waals surface area (Å²) in [6.45, 7) is 2.59. The molecule has 2 aromatic carbocycles. The van der Waals surface area contributed by atoms with Crippen LogP contribution in [0.2, 0.25) is 0 Å². The Morgan fingerprint density at radius 2 is 1.80 bits per heavy atom. The Hall–Kier alpha value is -2.88. The van der Waals surface area contributed by atoms with E-state index >= 15 is 0 Å². The average Bonchev–Trinajstić information content (AvgIpc) is 2.71. The van der Waals surface area contributed by atoms with Crippen molar-refractivity contribution in [1.29, 1.82) is 0 Å². The zero-order chi connectivity index (χ0) is 21.7. The molecule has 3 rings (SSSR count). The van der Waals surface area contributed by atoms with Crippen molar-refractivity contribution in [3.63, 3.8) is 0 Å². The zero-order valence-corrected chi connectivity index (χ0v) is 17.7. The van der Waals surface area contributed by atoms with E-state index in [1.54, 1.807) is 19.2 Å². The van der Waals surface area contributed by atoms with Gasteiger partial charge in [-0.2, -0.15) is 0 Å². The molecular formula is C20H25F2N5O2S. The fourth-order valence-corrected chi connectivity index (χ4v) is 3.97. The monoisotopic (exact) mass is 437 g/mol. The molecule has 0 unspecified atom stereocenters. The molecule has 0 aliphatic carbocycles. The first-order chi connectivity index (χ1) is 14.3. The number of para-hydroxylation sites is 1. The van der Waals surface area contributed by atoms with Crippen molar-refractivity contribution in [2.75, 3.05) is 49.1 Å². The van der Waals surface area contributed by atoms with Crippen LogP contribution in [0.1, 0.15) is 5.56 Å². The van der Waals surface area contributed by atoms with Crippen molar-refractivity contribution >= 4 is 27.4 Å². The maximum Gasteiger partial charge on any atom is 0.229 e. The molecule has 10 heteroatoms. The Morgan fingerprint density at radius 1 is 1.10 bits per heavy atom. The largest absolute Gasteiger partial charge is 0.366 e. The summed E-state index contributed by atoms with van der Waals surface area (Å²) < 4.78 is 53.2. The minimum atomic E-state index is -3.38. The van der Waals surface area contributed by atoms with Crippen molar-refractivity contribution in [3.05, 3.63) is 59.7 Å². The molecule has 30 heavy (non-hydrogen) atoms. The Bertz CT molecular complexity index is 1020. The van der Waals surface area contributed by atoms with Gasteiger partial charge in [-0.1, -0.05) is 18.2 Å². The summed E-state index contributed by atoms with van der Waals surface area (Å²) in [6.07, 6.45) is 1.11. The minimum Gasteiger partial charge on any atom is -0.366 e. The molecule has 1 aliphatic rings. The third-order valence-corrected chi connectivity index (χ3v) is 5.38. The van der Waals surface area contributed by atoms with Gasteiger partial charge in [0.05, 0.1) is 17.6 Å². The van der Waals surface area contributed by atoms with Gasteiger partial charge in [-0.05, 0) is 23.8 Å². The van der Waals surface area contributed by atoms with Crippen LogP contribution < -0.4 is 14.9 Å². The SMILES string of the molecule is CN=C(NCc1ccccc1NS(C)(=O)=O)N1CCN(c2cc(F)ccc2F)CC1. The Kier molecular flexibility index (Phi) is 6.76. The van der Waals surface area contributed by atoms with Crippen molar-refractivity contribution in [2.45, 2.75) is 6.54 Å². The molecule has 7 nitrogen and oxygen atoms in total. The van der Waals surface area contributed by atoms with E-state index in [0.29, 0.717) is 44.4 Å². The van der Waals surface area contributed by atoms with Crippen LogP contribution >= 0.6 is 0 Å². The lowest BCUT2D eigenvalue weighted by Crippen LogP contribution is -2.52. The molecule has 1 saturated heterocycles. The van der Waals surface area contributed by atoms with Crippen LogP contribution in [0.4, 0.5) is 20.2 Å². The van der Waals surface area contributed by atoms with Crippen LogP contribution in [0.5, 0.6) is 0 Å². The molecule has 162 valence electrons. The topological polar surface area (TPSA) is 77.0 Å². The molecule has 1 fully saturated rings. The first kappa shape index (κ1) is 21.8. The number of piperazine rings is 1. The predicted octanol–water partition coefficient (Wildman–Crippen LogP) is 2.23. The van der Waals surface area contributed by atoms with Crippen molar-refractivity contribution in [2.24, 2.45) is 4.99 Å². The molecule has 0 saturated carbocycles. The van der Waals surface area contributed by atoms with Crippen LogP contribution in [0.15, 0.2) is 47.5 Å². The van der Waals surface area contributed by atoms with Crippen LogP contribution in [0.25, 0.3) is 0 Å². The molecule has 0 aromatic heterocycles. The van der Waals surface area contributed by atoms with E-state index in [0.717, 1.165) is 24.0 Å². The van der Waals surface area contributed by atoms with Gasteiger partial charge in [-0.25, -0.2) is 17.2 Å². The van der Waals surface area contributed by atoms with Crippen LogP contribution in [0, 0.1) is 11.6 Å². The van der Waals surface area contributed by atoms with Gasteiger partial charge in [0.15, 0.2) is 5.96 Å². The maximum atomic E-state index is 14.0. The summed E-state index contributed by atoms with van der Waals surface area (Å²) in [5, 5.41) is 3.25. The van der Waals surface area contributed by atoms with Crippen molar-refractivity contribution in [3.8, 4) is 0 Å². The lowest BCUT2D eigenvalue weighted by Gasteiger charge is -2.37. The van der Waals surface area contributed by atoms with Gasteiger partial charge in [0.25, 0.3) is 0 Å². The molecule has 1 heterocycles. The summed E-state index contributed by atoms with van der Waals surface area (Å²) in [5.41, 5.74) is 1.55. The van der Waals surface area contributed by atoms with Gasteiger partial charge >= 0.3 is 0 Å². The third-order valence-electron chi connectivity index (χ3n) is 4.79. The predicted molar refractivity (Wildman–Crippen MR) is 115 cm³/mol. The average molecular weight is 438 g/mol. The third kappa shape index (κ3) is 5.59. The maximum absolute atomic E-state index is 14.0. The number of halogens is 2. The Balaban J connectivity index is 1.62. The van der Waals surface area contributed by atoms with E-state index in [4.69, 9.17) is 0 Å². The summed E-state index contributed by atoms with van der Waals surface area (Å²) >= 11 is 0. The van der Waals surface area contributed by atoms with Crippen molar-refractivity contribution in [1.82, 2.24) is 10.2 Å². The highest BCUT2D eigenvalue weighted by atomic mass is 32.2. The van der Waals surface area contributed by atoms with E-state index in [9.17, 15) is 17.2 Å². The molecule has 1 aliphatic heterocycles. The van der Waals surface area contributed by atoms with Gasteiger partial charge in [0.2, 0.25) is 10.0 Å². The number of guanidine groups is 1. The number of nitrogens with one attached hydrogen (secondary N) is 2. The van der Waals surface area contributed by atoms with Crippen LogP contribution in [0.3, 0.4) is 0 Å². The van der Waals surface area contributed by atoms with Crippen LogP contribution in [-0.4, -0.2) is 58.8 Å². The number of anilines is 2. The summed E-state index contributed by atoms with van der Waals surface area (Å²) in [7, 11) is -1.72. The first-order valence-electron chi connectivity index (χ1n) is 9.48. The zero-order valence-electron chi connectivity index (χ0n) is 16.9. The Labute approximate surface area is 175 Å². The Morgan fingerprint density at radius 3 is 2.47 bits per heavy atom.